The van der Waals surface area contributed by atoms with Gasteiger partial charge in [0, 0.05) is 5.02 Å². The van der Waals surface area contributed by atoms with Gasteiger partial charge in [-0.1, -0.05) is 28.4 Å². The lowest BCUT2D eigenvalue weighted by molar-refractivity contribution is -0.136. The average Bonchev–Trinajstić information content (AvgIpc) is 2.60. The summed E-state index contributed by atoms with van der Waals surface area (Å²) >= 11 is 11.7. The van der Waals surface area contributed by atoms with Gasteiger partial charge < -0.3 is 5.11 Å². The Morgan fingerprint density at radius 2 is 2.17 bits per heavy atom. The molecule has 0 atom stereocenters. The highest BCUT2D eigenvalue weighted by molar-refractivity contribution is 6.30. The zero-order valence-corrected chi connectivity index (χ0v) is 10.9. The van der Waals surface area contributed by atoms with Crippen LogP contribution in [0.1, 0.15) is 11.3 Å². The van der Waals surface area contributed by atoms with Crippen LogP contribution in [0.25, 0.3) is 5.69 Å². The van der Waals surface area contributed by atoms with Crippen molar-refractivity contribution in [2.75, 3.05) is 0 Å². The molecule has 1 aromatic heterocycles. The van der Waals surface area contributed by atoms with Crippen LogP contribution in [-0.2, 0) is 11.2 Å². The molecule has 94 valence electrons. The molecule has 0 aliphatic rings. The number of benzene rings is 1. The second-order valence-electron chi connectivity index (χ2n) is 3.74. The molecular formula is C11H9Cl2N3O2. The van der Waals surface area contributed by atoms with Crippen LogP contribution in [0.5, 0.6) is 0 Å². The molecule has 18 heavy (non-hydrogen) atoms. The van der Waals surface area contributed by atoms with Crippen molar-refractivity contribution in [3.8, 4) is 5.69 Å². The molecular weight excluding hydrogens is 277 g/mol. The van der Waals surface area contributed by atoms with Gasteiger partial charge in [-0.25, -0.2) is 4.68 Å². The van der Waals surface area contributed by atoms with Gasteiger partial charge in [-0.05, 0) is 30.7 Å². The SMILES string of the molecule is Cc1cc(Cl)ccc1-n1nnc(Cl)c1CC(=O)O. The van der Waals surface area contributed by atoms with E-state index in [0.29, 0.717) is 16.4 Å². The molecule has 0 bridgehead atoms. The van der Waals surface area contributed by atoms with Gasteiger partial charge in [0.25, 0.3) is 0 Å². The quantitative estimate of drug-likeness (QED) is 0.941. The Bertz CT molecular complexity index is 610. The van der Waals surface area contributed by atoms with Gasteiger partial charge >= 0.3 is 5.97 Å². The number of carboxylic acid groups (broad SMARTS) is 1. The fourth-order valence-corrected chi connectivity index (χ4v) is 2.03. The molecule has 0 saturated heterocycles. The second kappa shape index (κ2) is 4.96. The van der Waals surface area contributed by atoms with Gasteiger partial charge in [-0.2, -0.15) is 0 Å². The summed E-state index contributed by atoms with van der Waals surface area (Å²) in [5, 5.41) is 17.1. The molecule has 0 fully saturated rings. The predicted octanol–water partition coefficient (Wildman–Crippen LogP) is 2.51. The van der Waals surface area contributed by atoms with Crippen molar-refractivity contribution < 1.29 is 9.90 Å². The maximum atomic E-state index is 10.8. The zero-order chi connectivity index (χ0) is 13.3. The third-order valence-electron chi connectivity index (χ3n) is 2.42. The average molecular weight is 286 g/mol. The summed E-state index contributed by atoms with van der Waals surface area (Å²) in [5.74, 6) is -0.993. The van der Waals surface area contributed by atoms with Gasteiger partial charge in [0.05, 0.1) is 17.8 Å². The highest BCUT2D eigenvalue weighted by Gasteiger charge is 2.16. The largest absolute Gasteiger partial charge is 0.481 e. The van der Waals surface area contributed by atoms with Crippen LogP contribution >= 0.6 is 23.2 Å². The van der Waals surface area contributed by atoms with Crippen LogP contribution in [0.2, 0.25) is 10.2 Å². The molecule has 0 aliphatic carbocycles. The number of nitrogens with zero attached hydrogens (tertiary/aromatic N) is 3. The van der Waals surface area contributed by atoms with E-state index in [-0.39, 0.29) is 11.6 Å². The van der Waals surface area contributed by atoms with E-state index in [1.54, 1.807) is 18.2 Å². The lowest BCUT2D eigenvalue weighted by Gasteiger charge is -2.08. The molecule has 0 amide bonds. The van der Waals surface area contributed by atoms with Crippen LogP contribution in [0.4, 0.5) is 0 Å². The van der Waals surface area contributed by atoms with E-state index in [9.17, 15) is 4.79 Å². The number of carbonyl (C=O) groups is 1. The highest BCUT2D eigenvalue weighted by Crippen LogP contribution is 2.22. The zero-order valence-electron chi connectivity index (χ0n) is 9.39. The van der Waals surface area contributed by atoms with Crippen molar-refractivity contribution in [1.29, 1.82) is 0 Å². The molecule has 7 heteroatoms. The van der Waals surface area contributed by atoms with Crippen molar-refractivity contribution in [3.63, 3.8) is 0 Å². The van der Waals surface area contributed by atoms with Crippen molar-refractivity contribution in [3.05, 3.63) is 39.6 Å². The molecule has 0 radical (unpaired) electrons. The Labute approximate surface area is 113 Å². The minimum Gasteiger partial charge on any atom is -0.481 e. The first kappa shape index (κ1) is 12.9. The number of aliphatic carboxylic acids is 1. The van der Waals surface area contributed by atoms with Crippen molar-refractivity contribution in [2.45, 2.75) is 13.3 Å². The van der Waals surface area contributed by atoms with Crippen LogP contribution in [0.15, 0.2) is 18.2 Å². The van der Waals surface area contributed by atoms with E-state index >= 15 is 0 Å². The Balaban J connectivity index is 2.53. The van der Waals surface area contributed by atoms with Crippen LogP contribution in [-0.4, -0.2) is 26.1 Å². The maximum Gasteiger partial charge on any atom is 0.309 e. The predicted molar refractivity (Wildman–Crippen MR) is 67.5 cm³/mol. The molecule has 1 heterocycles. The Morgan fingerprint density at radius 1 is 1.44 bits per heavy atom. The smallest absolute Gasteiger partial charge is 0.309 e. The number of hydrogen-bond acceptors (Lipinski definition) is 3. The minimum atomic E-state index is -0.993. The van der Waals surface area contributed by atoms with Crippen LogP contribution < -0.4 is 0 Å². The lowest BCUT2D eigenvalue weighted by Crippen LogP contribution is -2.09. The first-order valence-electron chi connectivity index (χ1n) is 5.07. The first-order valence-corrected chi connectivity index (χ1v) is 5.83. The summed E-state index contributed by atoms with van der Waals surface area (Å²) < 4.78 is 1.42. The van der Waals surface area contributed by atoms with Crippen LogP contribution in [0, 0.1) is 6.92 Å². The van der Waals surface area contributed by atoms with E-state index < -0.39 is 5.97 Å². The summed E-state index contributed by atoms with van der Waals surface area (Å²) in [6.07, 6.45) is -0.242. The van der Waals surface area contributed by atoms with Crippen molar-refractivity contribution in [1.82, 2.24) is 15.0 Å². The Morgan fingerprint density at radius 3 is 2.78 bits per heavy atom. The van der Waals surface area contributed by atoms with Gasteiger partial charge in [0.1, 0.15) is 0 Å². The van der Waals surface area contributed by atoms with Gasteiger partial charge in [-0.3, -0.25) is 4.79 Å². The summed E-state index contributed by atoms with van der Waals surface area (Å²) in [6, 6.07) is 5.20. The van der Waals surface area contributed by atoms with E-state index in [0.717, 1.165) is 5.56 Å². The molecule has 0 aliphatic heterocycles. The minimum absolute atomic E-state index is 0.0896. The number of carboxylic acids is 1. The third-order valence-corrected chi connectivity index (χ3v) is 2.95. The van der Waals surface area contributed by atoms with Gasteiger partial charge in [-0.15, -0.1) is 5.10 Å². The molecule has 2 aromatic rings. The van der Waals surface area contributed by atoms with Gasteiger partial charge in [0.2, 0.25) is 0 Å². The maximum absolute atomic E-state index is 10.8. The molecule has 1 aromatic carbocycles. The molecule has 2 rings (SSSR count). The number of rotatable bonds is 3. The van der Waals surface area contributed by atoms with E-state index in [1.165, 1.54) is 4.68 Å². The molecule has 1 N–H and O–H groups in total. The molecule has 5 nitrogen and oxygen atoms in total. The Kier molecular flexibility index (Phi) is 3.54. The Hall–Kier alpha value is -1.59. The van der Waals surface area contributed by atoms with E-state index in [2.05, 4.69) is 10.3 Å². The summed E-state index contributed by atoms with van der Waals surface area (Å²) in [7, 11) is 0. The van der Waals surface area contributed by atoms with E-state index in [1.807, 2.05) is 6.92 Å². The number of halogens is 2. The first-order chi connectivity index (χ1) is 8.49. The third kappa shape index (κ3) is 2.47. The van der Waals surface area contributed by atoms with E-state index in [4.69, 9.17) is 28.3 Å². The molecule has 0 spiro atoms. The standard InChI is InChI=1S/C11H9Cl2N3O2/c1-6-4-7(12)2-3-8(6)16-9(5-10(17)18)11(13)14-15-16/h2-4H,5H2,1H3,(H,17,18). The van der Waals surface area contributed by atoms with Gasteiger partial charge in [0.15, 0.2) is 5.15 Å². The second-order valence-corrected chi connectivity index (χ2v) is 4.53. The summed E-state index contributed by atoms with van der Waals surface area (Å²) in [5.41, 5.74) is 1.90. The van der Waals surface area contributed by atoms with Crippen molar-refractivity contribution in [2.24, 2.45) is 0 Å². The lowest BCUT2D eigenvalue weighted by atomic mass is 10.2. The highest BCUT2D eigenvalue weighted by atomic mass is 35.5. The topological polar surface area (TPSA) is 68.0 Å². The molecule has 0 saturated carbocycles. The fourth-order valence-electron chi connectivity index (χ4n) is 1.62. The molecule has 0 unspecified atom stereocenters. The normalized spacial score (nSPS) is 10.6. The number of hydrogen-bond donors (Lipinski definition) is 1. The summed E-state index contributed by atoms with van der Waals surface area (Å²) in [4.78, 5) is 10.8. The number of aryl methyl sites for hydroxylation is 1. The van der Waals surface area contributed by atoms with Crippen molar-refractivity contribution >= 4 is 29.2 Å². The van der Waals surface area contributed by atoms with Crippen LogP contribution in [0.3, 0.4) is 0 Å². The monoisotopic (exact) mass is 285 g/mol. The number of aromatic nitrogens is 3. The summed E-state index contributed by atoms with van der Waals surface area (Å²) in [6.45, 7) is 1.85. The fraction of sp³-hybridized carbons (Fsp3) is 0.182.